The highest BCUT2D eigenvalue weighted by Gasteiger charge is 2.42. The molecule has 0 aromatic heterocycles. The molecule has 0 saturated carbocycles. The Balaban J connectivity index is 1.64. The van der Waals surface area contributed by atoms with Gasteiger partial charge in [0.1, 0.15) is 11.5 Å². The zero-order valence-electron chi connectivity index (χ0n) is 11.0. The molecule has 1 aromatic carbocycles. The number of benzene rings is 1. The summed E-state index contributed by atoms with van der Waals surface area (Å²) in [5.41, 5.74) is 0.394. The lowest BCUT2D eigenvalue weighted by molar-refractivity contribution is -0.110. The summed E-state index contributed by atoms with van der Waals surface area (Å²) in [5, 5.41) is 9.79. The van der Waals surface area contributed by atoms with Gasteiger partial charge in [-0.25, -0.2) is 4.39 Å². The van der Waals surface area contributed by atoms with E-state index in [1.165, 1.54) is 12.1 Å². The molecular weight excluding hydrogens is 261 g/mol. The number of carbonyl (C=O) groups excluding carboxylic acids is 1. The zero-order chi connectivity index (χ0) is 14.0. The van der Waals surface area contributed by atoms with Crippen molar-refractivity contribution >= 4 is 17.3 Å². The highest BCUT2D eigenvalue weighted by Crippen LogP contribution is 2.30. The standard InChI is InChI=1S/C14H16FN3O2/c15-10-3-1-4-11(7-10)17-13(19)12-8-14(20-18-12)5-2-6-16-9-14/h1,3-4,7,16H,2,5-6,8-9H2,(H,17,19)/t14-/m0/s1. The van der Waals surface area contributed by atoms with Crippen molar-refractivity contribution in [1.82, 2.24) is 5.32 Å². The summed E-state index contributed by atoms with van der Waals surface area (Å²) in [6.45, 7) is 1.67. The van der Waals surface area contributed by atoms with Crippen LogP contribution in [0.4, 0.5) is 10.1 Å². The van der Waals surface area contributed by atoms with Crippen molar-refractivity contribution in [2.45, 2.75) is 24.9 Å². The Hall–Kier alpha value is -1.95. The molecule has 1 saturated heterocycles. The number of amides is 1. The molecule has 20 heavy (non-hydrogen) atoms. The van der Waals surface area contributed by atoms with Crippen LogP contribution in [0.3, 0.4) is 0 Å². The van der Waals surface area contributed by atoms with Crippen LogP contribution in [-0.2, 0) is 9.63 Å². The number of nitrogens with zero attached hydrogens (tertiary/aromatic N) is 1. The van der Waals surface area contributed by atoms with Crippen LogP contribution in [0.2, 0.25) is 0 Å². The van der Waals surface area contributed by atoms with Crippen LogP contribution in [0.1, 0.15) is 19.3 Å². The topological polar surface area (TPSA) is 62.7 Å². The second-order valence-electron chi connectivity index (χ2n) is 5.23. The average Bonchev–Trinajstić information content (AvgIpc) is 2.83. The van der Waals surface area contributed by atoms with Gasteiger partial charge in [-0.2, -0.15) is 0 Å². The first-order valence-corrected chi connectivity index (χ1v) is 6.70. The number of halogens is 1. The van der Waals surface area contributed by atoms with Gasteiger partial charge in [-0.3, -0.25) is 4.79 Å². The summed E-state index contributed by atoms with van der Waals surface area (Å²) in [5.74, 6) is -0.724. The molecule has 6 heteroatoms. The van der Waals surface area contributed by atoms with Crippen LogP contribution >= 0.6 is 0 Å². The summed E-state index contributed by atoms with van der Waals surface area (Å²) in [7, 11) is 0. The van der Waals surface area contributed by atoms with Crippen molar-refractivity contribution in [2.75, 3.05) is 18.4 Å². The molecule has 106 valence electrons. The van der Waals surface area contributed by atoms with E-state index >= 15 is 0 Å². The summed E-state index contributed by atoms with van der Waals surface area (Å²) in [6.07, 6.45) is 2.38. The van der Waals surface area contributed by atoms with E-state index in [1.54, 1.807) is 12.1 Å². The van der Waals surface area contributed by atoms with E-state index in [2.05, 4.69) is 15.8 Å². The summed E-state index contributed by atoms with van der Waals surface area (Å²) in [4.78, 5) is 17.6. The first kappa shape index (κ1) is 13.1. The van der Waals surface area contributed by atoms with Gasteiger partial charge in [0.15, 0.2) is 5.60 Å². The summed E-state index contributed by atoms with van der Waals surface area (Å²) < 4.78 is 13.1. The van der Waals surface area contributed by atoms with Crippen LogP contribution in [0.5, 0.6) is 0 Å². The molecule has 1 amide bonds. The second kappa shape index (κ2) is 5.20. The maximum atomic E-state index is 13.1. The lowest BCUT2D eigenvalue weighted by Crippen LogP contribution is -2.46. The largest absolute Gasteiger partial charge is 0.387 e. The summed E-state index contributed by atoms with van der Waals surface area (Å²) >= 11 is 0. The highest BCUT2D eigenvalue weighted by molar-refractivity contribution is 6.43. The number of piperidine rings is 1. The highest BCUT2D eigenvalue weighted by atomic mass is 19.1. The van der Waals surface area contributed by atoms with Gasteiger partial charge in [0.2, 0.25) is 0 Å². The molecule has 0 unspecified atom stereocenters. The summed E-state index contributed by atoms with van der Waals surface area (Å²) in [6, 6.07) is 5.78. The second-order valence-corrected chi connectivity index (χ2v) is 5.23. The molecule has 0 radical (unpaired) electrons. The van der Waals surface area contributed by atoms with E-state index < -0.39 is 0 Å². The fraction of sp³-hybridized carbons (Fsp3) is 0.429. The van der Waals surface area contributed by atoms with Gasteiger partial charge < -0.3 is 15.5 Å². The Morgan fingerprint density at radius 3 is 3.15 bits per heavy atom. The average molecular weight is 277 g/mol. The Morgan fingerprint density at radius 2 is 2.40 bits per heavy atom. The fourth-order valence-electron chi connectivity index (χ4n) is 2.58. The van der Waals surface area contributed by atoms with Gasteiger partial charge >= 0.3 is 0 Å². The first-order valence-electron chi connectivity index (χ1n) is 6.70. The fourth-order valence-corrected chi connectivity index (χ4v) is 2.58. The molecular formula is C14H16FN3O2. The predicted octanol–water partition coefficient (Wildman–Crippen LogP) is 1.66. The van der Waals surface area contributed by atoms with Gasteiger partial charge in [0, 0.05) is 18.7 Å². The minimum atomic E-state index is -0.389. The maximum Gasteiger partial charge on any atom is 0.273 e. The van der Waals surface area contributed by atoms with E-state index in [-0.39, 0.29) is 17.3 Å². The monoisotopic (exact) mass is 277 g/mol. The van der Waals surface area contributed by atoms with Crippen LogP contribution in [0, 0.1) is 5.82 Å². The molecule has 2 N–H and O–H groups in total. The van der Waals surface area contributed by atoms with Gasteiger partial charge in [-0.15, -0.1) is 0 Å². The predicted molar refractivity (Wildman–Crippen MR) is 73.0 cm³/mol. The number of hydrogen-bond donors (Lipinski definition) is 2. The minimum absolute atomic E-state index is 0.335. The quantitative estimate of drug-likeness (QED) is 0.864. The van der Waals surface area contributed by atoms with Crippen LogP contribution in [-0.4, -0.2) is 30.3 Å². The molecule has 2 aliphatic rings. The third-order valence-electron chi connectivity index (χ3n) is 3.62. The molecule has 1 spiro atoms. The van der Waals surface area contributed by atoms with Crippen molar-refractivity contribution in [3.05, 3.63) is 30.1 Å². The Bertz CT molecular complexity index is 553. The number of anilines is 1. The normalized spacial score (nSPS) is 25.1. The third-order valence-corrected chi connectivity index (χ3v) is 3.62. The molecule has 0 bridgehead atoms. The van der Waals surface area contributed by atoms with Gasteiger partial charge in [0.25, 0.3) is 5.91 Å². The lowest BCUT2D eigenvalue weighted by atomic mass is 9.89. The van der Waals surface area contributed by atoms with Crippen molar-refractivity contribution in [1.29, 1.82) is 0 Å². The Labute approximate surface area is 116 Å². The van der Waals surface area contributed by atoms with E-state index in [0.29, 0.717) is 24.4 Å². The number of rotatable bonds is 2. The third kappa shape index (κ3) is 2.65. The Kier molecular flexibility index (Phi) is 3.40. The van der Waals surface area contributed by atoms with E-state index in [0.717, 1.165) is 19.4 Å². The lowest BCUT2D eigenvalue weighted by Gasteiger charge is -2.30. The number of hydrogen-bond acceptors (Lipinski definition) is 4. The maximum absolute atomic E-state index is 13.1. The minimum Gasteiger partial charge on any atom is -0.387 e. The van der Waals surface area contributed by atoms with Crippen molar-refractivity contribution in [2.24, 2.45) is 5.16 Å². The molecule has 1 atom stereocenters. The SMILES string of the molecule is O=C(Nc1cccc(F)c1)C1=NO[C@@]2(CCCNC2)C1. The molecule has 1 fully saturated rings. The molecule has 0 aliphatic carbocycles. The van der Waals surface area contributed by atoms with E-state index in [4.69, 9.17) is 4.84 Å². The van der Waals surface area contributed by atoms with Crippen molar-refractivity contribution in [3.8, 4) is 0 Å². The van der Waals surface area contributed by atoms with Gasteiger partial charge in [-0.05, 0) is 37.6 Å². The molecule has 2 aliphatic heterocycles. The molecule has 5 nitrogen and oxygen atoms in total. The Morgan fingerprint density at radius 1 is 1.50 bits per heavy atom. The van der Waals surface area contributed by atoms with Crippen LogP contribution < -0.4 is 10.6 Å². The van der Waals surface area contributed by atoms with Gasteiger partial charge in [0.05, 0.1) is 0 Å². The van der Waals surface area contributed by atoms with Crippen molar-refractivity contribution < 1.29 is 14.0 Å². The van der Waals surface area contributed by atoms with E-state index in [1.807, 2.05) is 0 Å². The van der Waals surface area contributed by atoms with E-state index in [9.17, 15) is 9.18 Å². The van der Waals surface area contributed by atoms with Crippen molar-refractivity contribution in [3.63, 3.8) is 0 Å². The molecule has 1 aromatic rings. The number of nitrogens with one attached hydrogen (secondary N) is 2. The smallest absolute Gasteiger partial charge is 0.273 e. The number of carbonyl (C=O) groups is 1. The van der Waals surface area contributed by atoms with Gasteiger partial charge in [-0.1, -0.05) is 11.2 Å². The number of oxime groups is 1. The molecule has 3 rings (SSSR count). The zero-order valence-corrected chi connectivity index (χ0v) is 11.0. The van der Waals surface area contributed by atoms with Crippen LogP contribution in [0.15, 0.2) is 29.4 Å². The van der Waals surface area contributed by atoms with Crippen LogP contribution in [0.25, 0.3) is 0 Å². The first-order chi connectivity index (χ1) is 9.67. The molecule has 2 heterocycles.